The van der Waals surface area contributed by atoms with Gasteiger partial charge in [-0.1, -0.05) is 12.1 Å². The van der Waals surface area contributed by atoms with Crippen LogP contribution in [0.5, 0.6) is 0 Å². The van der Waals surface area contributed by atoms with Crippen LogP contribution >= 0.6 is 0 Å². The number of benzene rings is 1. The molecular formula is C16H18N6O2S. The molecule has 0 aliphatic carbocycles. The van der Waals surface area contributed by atoms with Crippen LogP contribution in [-0.4, -0.2) is 32.7 Å². The fraction of sp³-hybridized carbons (Fsp3) is 0.312. The summed E-state index contributed by atoms with van der Waals surface area (Å²) in [5, 5.41) is 8.05. The molecule has 3 aromatic rings. The lowest BCUT2D eigenvalue weighted by molar-refractivity contribution is 0.456. The Balaban J connectivity index is 1.49. The van der Waals surface area contributed by atoms with Gasteiger partial charge < -0.3 is 9.13 Å². The average molecular weight is 358 g/mol. The van der Waals surface area contributed by atoms with E-state index in [-0.39, 0.29) is 5.03 Å². The maximum Gasteiger partial charge on any atom is 0.280 e. The van der Waals surface area contributed by atoms with E-state index in [2.05, 4.69) is 24.5 Å². The second-order valence-corrected chi connectivity index (χ2v) is 7.87. The van der Waals surface area contributed by atoms with Crippen LogP contribution < -0.4 is 4.72 Å². The quantitative estimate of drug-likeness (QED) is 0.763. The van der Waals surface area contributed by atoms with Crippen molar-refractivity contribution in [1.29, 1.82) is 0 Å². The molecule has 2 aromatic heterocycles. The first kappa shape index (κ1) is 15.8. The zero-order valence-corrected chi connectivity index (χ0v) is 14.5. The van der Waals surface area contributed by atoms with Crippen LogP contribution in [0.15, 0.2) is 48.1 Å². The second kappa shape index (κ2) is 5.99. The number of rotatable bonds is 4. The Morgan fingerprint density at radius 2 is 2.00 bits per heavy atom. The molecule has 0 spiro atoms. The lowest BCUT2D eigenvalue weighted by Gasteiger charge is -2.23. The van der Waals surface area contributed by atoms with E-state index in [1.807, 2.05) is 12.1 Å². The predicted molar refractivity (Wildman–Crippen MR) is 91.5 cm³/mol. The van der Waals surface area contributed by atoms with Crippen molar-refractivity contribution in [3.8, 4) is 0 Å². The molecule has 1 aliphatic heterocycles. The molecule has 0 radical (unpaired) electrons. The molecule has 0 fully saturated rings. The first-order valence-corrected chi connectivity index (χ1v) is 9.47. The Labute approximate surface area is 145 Å². The van der Waals surface area contributed by atoms with Gasteiger partial charge in [-0.2, -0.15) is 8.42 Å². The third kappa shape index (κ3) is 3.14. The number of fused-ring (bicyclic) bond motifs is 1. The van der Waals surface area contributed by atoms with Crippen molar-refractivity contribution in [1.82, 2.24) is 24.3 Å². The summed E-state index contributed by atoms with van der Waals surface area (Å²) in [5.41, 5.74) is 1.70. The fourth-order valence-electron chi connectivity index (χ4n) is 3.09. The second-order valence-electron chi connectivity index (χ2n) is 6.24. The van der Waals surface area contributed by atoms with Crippen molar-refractivity contribution < 1.29 is 8.42 Å². The Morgan fingerprint density at radius 1 is 1.20 bits per heavy atom. The standard InChI is InChI=1S/C16H18N6O2S/c1-21-9-16(17-10-21)25(23,24)20-14-5-2-12(3-6-14)13-4-7-15-19-18-11-22(15)8-13/h2-3,5-6,9-11,13,20H,4,7-8H2,1H3/t13-/m1/s1. The number of aromatic nitrogens is 5. The highest BCUT2D eigenvalue weighted by molar-refractivity contribution is 7.92. The minimum Gasteiger partial charge on any atom is -0.339 e. The van der Waals surface area contributed by atoms with Crippen LogP contribution in [0, 0.1) is 0 Å². The van der Waals surface area contributed by atoms with Crippen molar-refractivity contribution >= 4 is 15.7 Å². The number of imidazole rings is 1. The Bertz CT molecular complexity index is 990. The van der Waals surface area contributed by atoms with Crippen molar-refractivity contribution in [2.24, 2.45) is 7.05 Å². The molecule has 0 saturated heterocycles. The number of anilines is 1. The molecule has 9 heteroatoms. The molecule has 1 aliphatic rings. The molecule has 130 valence electrons. The molecule has 0 saturated carbocycles. The van der Waals surface area contributed by atoms with Crippen molar-refractivity contribution in [2.45, 2.75) is 30.3 Å². The fourth-order valence-corrected chi connectivity index (χ4v) is 4.13. The predicted octanol–water partition coefficient (Wildman–Crippen LogP) is 1.54. The highest BCUT2D eigenvalue weighted by Crippen LogP contribution is 2.29. The Hall–Kier alpha value is -2.68. The van der Waals surface area contributed by atoms with Gasteiger partial charge in [0.15, 0.2) is 5.03 Å². The Morgan fingerprint density at radius 3 is 2.72 bits per heavy atom. The summed E-state index contributed by atoms with van der Waals surface area (Å²) in [6, 6.07) is 7.52. The maximum atomic E-state index is 12.3. The van der Waals surface area contributed by atoms with Crippen LogP contribution in [0.4, 0.5) is 5.69 Å². The first-order valence-electron chi connectivity index (χ1n) is 7.99. The van der Waals surface area contributed by atoms with E-state index in [4.69, 9.17) is 0 Å². The van der Waals surface area contributed by atoms with E-state index in [1.54, 1.807) is 30.1 Å². The van der Waals surface area contributed by atoms with Gasteiger partial charge in [0, 0.05) is 37.8 Å². The smallest absolute Gasteiger partial charge is 0.280 e. The number of hydrogen-bond donors (Lipinski definition) is 1. The average Bonchev–Trinajstić information content (AvgIpc) is 3.23. The van der Waals surface area contributed by atoms with Crippen LogP contribution in [0.25, 0.3) is 0 Å². The number of aryl methyl sites for hydroxylation is 2. The van der Waals surface area contributed by atoms with Crippen LogP contribution in [0.2, 0.25) is 0 Å². The molecule has 1 atom stereocenters. The third-order valence-electron chi connectivity index (χ3n) is 4.42. The van der Waals surface area contributed by atoms with Crippen LogP contribution in [0.1, 0.15) is 23.7 Å². The Kier molecular flexibility index (Phi) is 3.79. The summed E-state index contributed by atoms with van der Waals surface area (Å²) in [4.78, 5) is 3.89. The number of nitrogens with one attached hydrogen (secondary N) is 1. The van der Waals surface area contributed by atoms with Crippen LogP contribution in [0.3, 0.4) is 0 Å². The lowest BCUT2D eigenvalue weighted by Crippen LogP contribution is -2.18. The summed E-state index contributed by atoms with van der Waals surface area (Å²) < 4.78 is 30.8. The molecule has 1 aromatic carbocycles. The normalized spacial score (nSPS) is 17.2. The largest absolute Gasteiger partial charge is 0.339 e. The first-order chi connectivity index (χ1) is 12.0. The summed E-state index contributed by atoms with van der Waals surface area (Å²) in [5.74, 6) is 1.40. The van der Waals surface area contributed by atoms with Gasteiger partial charge in [0.2, 0.25) is 0 Å². The van der Waals surface area contributed by atoms with E-state index < -0.39 is 10.0 Å². The monoisotopic (exact) mass is 358 g/mol. The van der Waals surface area contributed by atoms with E-state index in [1.165, 1.54) is 18.1 Å². The van der Waals surface area contributed by atoms with Gasteiger partial charge in [-0.3, -0.25) is 4.72 Å². The number of hydrogen-bond acceptors (Lipinski definition) is 5. The van der Waals surface area contributed by atoms with Gasteiger partial charge in [0.05, 0.1) is 6.33 Å². The number of sulfonamides is 1. The summed E-state index contributed by atoms with van der Waals surface area (Å²) in [6.07, 6.45) is 6.60. The lowest BCUT2D eigenvalue weighted by atomic mass is 9.91. The highest BCUT2D eigenvalue weighted by atomic mass is 32.2. The van der Waals surface area contributed by atoms with Gasteiger partial charge in [-0.15, -0.1) is 10.2 Å². The molecule has 8 nitrogen and oxygen atoms in total. The SMILES string of the molecule is Cn1cnc(S(=O)(=O)Nc2ccc([C@@H]3CCc4nncn4C3)cc2)c1. The molecule has 4 rings (SSSR count). The summed E-state index contributed by atoms with van der Waals surface area (Å²) in [6.45, 7) is 0.849. The van der Waals surface area contributed by atoms with Crippen molar-refractivity contribution in [3.05, 3.63) is 54.5 Å². The molecule has 0 amide bonds. The van der Waals surface area contributed by atoms with E-state index in [0.29, 0.717) is 11.6 Å². The van der Waals surface area contributed by atoms with Crippen LogP contribution in [-0.2, 0) is 30.0 Å². The van der Waals surface area contributed by atoms with E-state index in [0.717, 1.165) is 25.2 Å². The number of nitrogens with zero attached hydrogens (tertiary/aromatic N) is 5. The topological polar surface area (TPSA) is 94.7 Å². The summed E-state index contributed by atoms with van der Waals surface area (Å²) >= 11 is 0. The van der Waals surface area contributed by atoms with Crippen molar-refractivity contribution in [3.63, 3.8) is 0 Å². The van der Waals surface area contributed by atoms with E-state index >= 15 is 0 Å². The minimum absolute atomic E-state index is 0.00601. The zero-order chi connectivity index (χ0) is 17.4. The van der Waals surface area contributed by atoms with Gasteiger partial charge in [-0.05, 0) is 24.1 Å². The third-order valence-corrected chi connectivity index (χ3v) is 5.69. The summed E-state index contributed by atoms with van der Waals surface area (Å²) in [7, 11) is -1.94. The molecule has 25 heavy (non-hydrogen) atoms. The van der Waals surface area contributed by atoms with E-state index in [9.17, 15) is 8.42 Å². The highest BCUT2D eigenvalue weighted by Gasteiger charge is 2.21. The molecule has 0 bridgehead atoms. The van der Waals surface area contributed by atoms with Gasteiger partial charge in [0.25, 0.3) is 10.0 Å². The van der Waals surface area contributed by atoms with Gasteiger partial charge >= 0.3 is 0 Å². The molecule has 3 heterocycles. The maximum absolute atomic E-state index is 12.3. The molecule has 1 N–H and O–H groups in total. The molecular weight excluding hydrogens is 340 g/mol. The van der Waals surface area contributed by atoms with Crippen molar-refractivity contribution in [2.75, 3.05) is 4.72 Å². The molecule has 0 unspecified atom stereocenters. The van der Waals surface area contributed by atoms with Gasteiger partial charge in [-0.25, -0.2) is 4.98 Å². The minimum atomic E-state index is -3.67. The zero-order valence-electron chi connectivity index (χ0n) is 13.7. The van der Waals surface area contributed by atoms with Gasteiger partial charge in [0.1, 0.15) is 12.2 Å².